The van der Waals surface area contributed by atoms with Crippen molar-refractivity contribution in [1.82, 2.24) is 18.5 Å². The van der Waals surface area contributed by atoms with Crippen LogP contribution in [0.3, 0.4) is 0 Å². The van der Waals surface area contributed by atoms with Gasteiger partial charge in [0.05, 0.1) is 0 Å². The summed E-state index contributed by atoms with van der Waals surface area (Å²) in [6.45, 7) is 0. The Morgan fingerprint density at radius 3 is 1.48 bits per heavy atom. The maximum Gasteiger partial charge on any atom is 4.00 e. The van der Waals surface area contributed by atoms with Gasteiger partial charge in [-0.3, -0.25) is 0 Å². The van der Waals surface area contributed by atoms with Crippen LogP contribution in [-0.4, -0.2) is 18.5 Å². The van der Waals surface area contributed by atoms with E-state index in [1.807, 2.05) is 24.3 Å². The number of benzene rings is 4. The van der Waals surface area contributed by atoms with Crippen molar-refractivity contribution in [2.75, 3.05) is 0 Å². The van der Waals surface area contributed by atoms with E-state index in [-0.39, 0.29) is 21.1 Å². The van der Waals surface area contributed by atoms with Crippen molar-refractivity contribution >= 4 is 21.5 Å². The van der Waals surface area contributed by atoms with Gasteiger partial charge in [0.1, 0.15) is 0 Å². The van der Waals surface area contributed by atoms with Crippen molar-refractivity contribution in [2.45, 2.75) is 0 Å². The van der Waals surface area contributed by atoms with Crippen LogP contribution >= 0.6 is 0 Å². The molecular weight excluding hydrogens is 587 g/mol. The summed E-state index contributed by atoms with van der Waals surface area (Å²) in [5, 5.41) is 4.59. The topological polar surface area (TPSA) is 19.7 Å². The Bertz CT molecular complexity index is 1560. The SMILES string of the molecule is [Pt+4].[c-]1cccc2cccc(-n3cc4ccc5cn(-c6cccc7ccc[c-]c67)[cH-]n-5n-4[cH-]3)c12. The average molecular weight is 606 g/mol. The first-order valence-electron chi connectivity index (χ1n) is 10.6. The molecule has 5 heteroatoms. The van der Waals surface area contributed by atoms with Crippen LogP contribution in [-0.2, 0) is 21.1 Å². The minimum atomic E-state index is 0. The molecule has 0 N–H and O–H groups in total. The van der Waals surface area contributed by atoms with E-state index < -0.39 is 0 Å². The second kappa shape index (κ2) is 7.68. The molecule has 160 valence electrons. The second-order valence-corrected chi connectivity index (χ2v) is 8.00. The van der Waals surface area contributed by atoms with Gasteiger partial charge in [0.15, 0.2) is 0 Å². The molecule has 0 radical (unpaired) electrons. The summed E-state index contributed by atoms with van der Waals surface area (Å²) in [5.41, 5.74) is 4.45. The van der Waals surface area contributed by atoms with E-state index in [2.05, 4.69) is 116 Å². The molecule has 3 aliphatic heterocycles. The molecule has 3 heterocycles. The van der Waals surface area contributed by atoms with Gasteiger partial charge in [-0.2, -0.15) is 0 Å². The normalized spacial score (nSPS) is 11.4. The van der Waals surface area contributed by atoms with Crippen molar-refractivity contribution in [3.05, 3.63) is 122 Å². The van der Waals surface area contributed by atoms with Crippen LogP contribution in [0.5, 0.6) is 0 Å². The van der Waals surface area contributed by atoms with Crippen molar-refractivity contribution in [3.63, 3.8) is 0 Å². The Hall–Kier alpha value is -3.75. The van der Waals surface area contributed by atoms with Crippen molar-refractivity contribution in [3.8, 4) is 22.7 Å². The maximum atomic E-state index is 3.40. The third-order valence-corrected chi connectivity index (χ3v) is 6.10. The Balaban J connectivity index is 0.00000206. The Labute approximate surface area is 205 Å². The van der Waals surface area contributed by atoms with Gasteiger partial charge in [0.2, 0.25) is 0 Å². The van der Waals surface area contributed by atoms with Crippen LogP contribution in [0.25, 0.3) is 44.3 Å². The molecule has 0 spiro atoms. The van der Waals surface area contributed by atoms with Crippen molar-refractivity contribution in [1.29, 1.82) is 0 Å². The zero-order valence-corrected chi connectivity index (χ0v) is 19.8. The molecule has 7 rings (SSSR count). The van der Waals surface area contributed by atoms with Gasteiger partial charge >= 0.3 is 21.1 Å². The summed E-state index contributed by atoms with van der Waals surface area (Å²) >= 11 is 0. The van der Waals surface area contributed by atoms with E-state index in [0.717, 1.165) is 33.5 Å². The third kappa shape index (κ3) is 3.10. The first-order valence-corrected chi connectivity index (χ1v) is 10.6. The molecule has 0 saturated carbocycles. The largest absolute Gasteiger partial charge is 4.00 e. The zero-order chi connectivity index (χ0) is 21.1. The number of hydrogen-bond donors (Lipinski definition) is 0. The molecule has 0 atom stereocenters. The molecule has 0 fully saturated rings. The van der Waals surface area contributed by atoms with E-state index in [1.165, 1.54) is 10.8 Å². The second-order valence-electron chi connectivity index (χ2n) is 8.00. The van der Waals surface area contributed by atoms with Crippen LogP contribution < -0.4 is 0 Å². The summed E-state index contributed by atoms with van der Waals surface area (Å²) in [6.07, 6.45) is 8.56. The van der Waals surface area contributed by atoms with Gasteiger partial charge in [-0.15, -0.1) is 70.1 Å². The predicted molar refractivity (Wildman–Crippen MR) is 128 cm³/mol. The van der Waals surface area contributed by atoms with Gasteiger partial charge in [-0.05, 0) is 22.7 Å². The first kappa shape index (κ1) is 19.9. The van der Waals surface area contributed by atoms with Gasteiger partial charge in [-0.1, -0.05) is 60.9 Å². The predicted octanol–water partition coefficient (Wildman–Crippen LogP) is 6.19. The summed E-state index contributed by atoms with van der Waals surface area (Å²) in [5.74, 6) is 0. The number of nitrogens with zero attached hydrogens (tertiary/aromatic N) is 4. The monoisotopic (exact) mass is 605 g/mol. The molecule has 3 aliphatic rings. The van der Waals surface area contributed by atoms with E-state index in [4.69, 9.17) is 0 Å². The number of fused-ring (bicyclic) bond motifs is 5. The Morgan fingerprint density at radius 2 is 1.00 bits per heavy atom. The number of hydrogen-bond acceptors (Lipinski definition) is 0. The average Bonchev–Trinajstić information content (AvgIpc) is 3.47. The summed E-state index contributed by atoms with van der Waals surface area (Å²) in [7, 11) is 0. The molecule has 4 nitrogen and oxygen atoms in total. The smallest absolute Gasteiger partial charge is 0.434 e. The molecule has 0 unspecified atom stereocenters. The van der Waals surface area contributed by atoms with Crippen LogP contribution in [0.2, 0.25) is 0 Å². The molecule has 0 saturated heterocycles. The van der Waals surface area contributed by atoms with Gasteiger partial charge in [0, 0.05) is 12.7 Å². The molecule has 0 bridgehead atoms. The summed E-state index contributed by atoms with van der Waals surface area (Å²) in [6, 6.07) is 36.1. The molecule has 0 amide bonds. The number of aromatic nitrogens is 4. The van der Waals surface area contributed by atoms with Gasteiger partial charge in [-0.25, -0.2) is 0 Å². The van der Waals surface area contributed by atoms with E-state index in [0.29, 0.717) is 0 Å². The first-order chi connectivity index (χ1) is 15.8. The fourth-order valence-electron chi connectivity index (χ4n) is 4.58. The minimum absolute atomic E-state index is 0. The summed E-state index contributed by atoms with van der Waals surface area (Å²) in [4.78, 5) is 0. The third-order valence-electron chi connectivity index (χ3n) is 6.10. The zero-order valence-electron chi connectivity index (χ0n) is 17.5. The molecule has 4 aromatic rings. The fourth-order valence-corrected chi connectivity index (χ4v) is 4.58. The van der Waals surface area contributed by atoms with E-state index in [1.54, 1.807) is 0 Å². The molecular formula is C28H18N4Pt. The number of rotatable bonds is 2. The Morgan fingerprint density at radius 1 is 0.545 bits per heavy atom. The molecule has 0 aliphatic carbocycles. The minimum Gasteiger partial charge on any atom is -0.434 e. The Kier molecular flexibility index (Phi) is 4.63. The molecule has 4 aromatic carbocycles. The molecule has 0 aromatic heterocycles. The van der Waals surface area contributed by atoms with Gasteiger partial charge < -0.3 is 18.5 Å². The van der Waals surface area contributed by atoms with Crippen LogP contribution in [0.1, 0.15) is 0 Å². The summed E-state index contributed by atoms with van der Waals surface area (Å²) < 4.78 is 8.68. The van der Waals surface area contributed by atoms with E-state index in [9.17, 15) is 0 Å². The fraction of sp³-hybridized carbons (Fsp3) is 0. The van der Waals surface area contributed by atoms with E-state index >= 15 is 0 Å². The standard InChI is InChI=1S/C28H18N4.Pt/c1-3-11-25-21(7-1)9-5-13-27(25)29-17-23-15-16-24-18-30(20-32(24)31(23)19-29)28-14-6-10-22-8-2-4-12-26(22)28;/h1-10,13-20H;/q-4;+4. The number of imidazole rings is 2. The van der Waals surface area contributed by atoms with Crippen LogP contribution in [0.15, 0.2) is 110 Å². The van der Waals surface area contributed by atoms with Crippen molar-refractivity contribution < 1.29 is 21.1 Å². The maximum absolute atomic E-state index is 3.40. The quantitative estimate of drug-likeness (QED) is 0.210. The van der Waals surface area contributed by atoms with Crippen LogP contribution in [0, 0.1) is 12.1 Å². The van der Waals surface area contributed by atoms with Gasteiger partial charge in [0.25, 0.3) is 0 Å². The van der Waals surface area contributed by atoms with Crippen molar-refractivity contribution in [2.24, 2.45) is 0 Å². The van der Waals surface area contributed by atoms with Crippen LogP contribution in [0.4, 0.5) is 0 Å². The molecule has 33 heavy (non-hydrogen) atoms.